The van der Waals surface area contributed by atoms with Gasteiger partial charge in [0.2, 0.25) is 15.9 Å². The third-order valence-corrected chi connectivity index (χ3v) is 6.17. The Balaban J connectivity index is 2.08. The summed E-state index contributed by atoms with van der Waals surface area (Å²) in [4.78, 5) is 13.0. The molecule has 0 aliphatic rings. The van der Waals surface area contributed by atoms with E-state index in [0.717, 1.165) is 27.4 Å². The minimum atomic E-state index is -4.54. The Labute approximate surface area is 159 Å². The van der Waals surface area contributed by atoms with Crippen molar-refractivity contribution in [1.29, 1.82) is 0 Å². The van der Waals surface area contributed by atoms with Crippen LogP contribution in [0.15, 0.2) is 58.3 Å². The zero-order valence-electron chi connectivity index (χ0n) is 14.4. The molecule has 0 spiro atoms. The molecule has 10 heteroatoms. The molecule has 0 radical (unpaired) electrons. The Bertz CT molecular complexity index is 914. The predicted octanol–water partition coefficient (Wildman–Crippen LogP) is 3.69. The van der Waals surface area contributed by atoms with Gasteiger partial charge in [0, 0.05) is 17.6 Å². The second-order valence-electron chi connectivity index (χ2n) is 5.56. The van der Waals surface area contributed by atoms with Crippen LogP contribution in [-0.2, 0) is 21.0 Å². The molecule has 1 N–H and O–H groups in total. The summed E-state index contributed by atoms with van der Waals surface area (Å²) in [5.74, 6) is -0.749. The number of nitrogens with zero attached hydrogens (tertiary/aromatic N) is 1. The van der Waals surface area contributed by atoms with E-state index in [1.165, 1.54) is 37.0 Å². The van der Waals surface area contributed by atoms with Crippen molar-refractivity contribution in [2.45, 2.75) is 16.0 Å². The number of hydrogen-bond donors (Lipinski definition) is 1. The third kappa shape index (κ3) is 5.47. The fourth-order valence-electron chi connectivity index (χ4n) is 2.19. The standard InChI is InChI=1S/C17H17F3N2O3S2/c1-22(27(24,25)15-8-6-14(26-2)7-9-15)11-16(23)21-13-5-3-4-12(10-13)17(18,19)20/h3-10H,11H2,1-2H3,(H,21,23). The van der Waals surface area contributed by atoms with Gasteiger partial charge in [0.25, 0.3) is 0 Å². The molecule has 0 saturated heterocycles. The minimum Gasteiger partial charge on any atom is -0.325 e. The molecule has 2 aromatic rings. The van der Waals surface area contributed by atoms with Crippen LogP contribution >= 0.6 is 11.8 Å². The number of benzene rings is 2. The van der Waals surface area contributed by atoms with Gasteiger partial charge in [0.15, 0.2) is 0 Å². The molecule has 27 heavy (non-hydrogen) atoms. The average Bonchev–Trinajstić information content (AvgIpc) is 2.61. The van der Waals surface area contributed by atoms with Crippen LogP contribution in [0.3, 0.4) is 0 Å². The topological polar surface area (TPSA) is 66.5 Å². The molecule has 5 nitrogen and oxygen atoms in total. The smallest absolute Gasteiger partial charge is 0.325 e. The molecule has 0 aromatic heterocycles. The van der Waals surface area contributed by atoms with Gasteiger partial charge in [0.1, 0.15) is 0 Å². The second-order valence-corrected chi connectivity index (χ2v) is 8.49. The van der Waals surface area contributed by atoms with E-state index in [9.17, 15) is 26.4 Å². The number of hydrogen-bond acceptors (Lipinski definition) is 4. The Morgan fingerprint density at radius 2 is 1.78 bits per heavy atom. The van der Waals surface area contributed by atoms with Crippen molar-refractivity contribution in [2.75, 3.05) is 25.2 Å². The number of carbonyl (C=O) groups excluding carboxylic acids is 1. The van der Waals surface area contributed by atoms with E-state index < -0.39 is 34.2 Å². The number of alkyl halides is 3. The Hall–Kier alpha value is -2.04. The zero-order valence-corrected chi connectivity index (χ0v) is 16.1. The minimum absolute atomic E-state index is 0.0228. The van der Waals surface area contributed by atoms with E-state index >= 15 is 0 Å². The number of nitrogens with one attached hydrogen (secondary N) is 1. The van der Waals surface area contributed by atoms with Crippen LogP contribution < -0.4 is 5.32 Å². The number of anilines is 1. The highest BCUT2D eigenvalue weighted by molar-refractivity contribution is 7.98. The lowest BCUT2D eigenvalue weighted by molar-refractivity contribution is -0.137. The molecule has 0 saturated carbocycles. The summed E-state index contributed by atoms with van der Waals surface area (Å²) >= 11 is 1.46. The fourth-order valence-corrected chi connectivity index (χ4v) is 3.72. The first-order chi connectivity index (χ1) is 12.5. The van der Waals surface area contributed by atoms with Crippen LogP contribution in [0.4, 0.5) is 18.9 Å². The van der Waals surface area contributed by atoms with Gasteiger partial charge in [-0.25, -0.2) is 8.42 Å². The number of halogens is 3. The van der Waals surface area contributed by atoms with Crippen molar-refractivity contribution >= 4 is 33.4 Å². The summed E-state index contributed by atoms with van der Waals surface area (Å²) in [6, 6.07) is 10.3. The van der Waals surface area contributed by atoms with Gasteiger partial charge in [0.05, 0.1) is 17.0 Å². The maximum Gasteiger partial charge on any atom is 0.416 e. The van der Waals surface area contributed by atoms with Gasteiger partial charge >= 0.3 is 6.18 Å². The van der Waals surface area contributed by atoms with E-state index in [4.69, 9.17) is 0 Å². The van der Waals surface area contributed by atoms with Crippen molar-refractivity contribution < 1.29 is 26.4 Å². The SMILES string of the molecule is CSc1ccc(S(=O)(=O)N(C)CC(=O)Nc2cccc(C(F)(F)F)c2)cc1. The molecule has 0 atom stereocenters. The first-order valence-electron chi connectivity index (χ1n) is 7.61. The summed E-state index contributed by atoms with van der Waals surface area (Å²) in [7, 11) is -2.67. The van der Waals surface area contributed by atoms with E-state index in [1.54, 1.807) is 12.1 Å². The van der Waals surface area contributed by atoms with E-state index in [0.29, 0.717) is 0 Å². The highest BCUT2D eigenvalue weighted by Crippen LogP contribution is 2.30. The molecule has 0 bridgehead atoms. The molecule has 0 unspecified atom stereocenters. The van der Waals surface area contributed by atoms with Crippen LogP contribution in [0.2, 0.25) is 0 Å². The molecule has 0 heterocycles. The van der Waals surface area contributed by atoms with Gasteiger partial charge in [-0.1, -0.05) is 6.07 Å². The van der Waals surface area contributed by atoms with Crippen molar-refractivity contribution in [3.05, 3.63) is 54.1 Å². The van der Waals surface area contributed by atoms with Crippen LogP contribution in [-0.4, -0.2) is 38.5 Å². The van der Waals surface area contributed by atoms with Crippen LogP contribution in [0, 0.1) is 0 Å². The molecule has 0 aliphatic carbocycles. The lowest BCUT2D eigenvalue weighted by atomic mass is 10.2. The Kier molecular flexibility index (Phi) is 6.55. The zero-order chi connectivity index (χ0) is 20.2. The third-order valence-electron chi connectivity index (χ3n) is 3.61. The summed E-state index contributed by atoms with van der Waals surface area (Å²) in [6.07, 6.45) is -2.68. The summed E-state index contributed by atoms with van der Waals surface area (Å²) < 4.78 is 64.0. The Morgan fingerprint density at radius 3 is 2.33 bits per heavy atom. The number of thioether (sulfide) groups is 1. The van der Waals surface area contributed by atoms with Crippen molar-refractivity contribution in [1.82, 2.24) is 4.31 Å². The van der Waals surface area contributed by atoms with Crippen LogP contribution in [0.1, 0.15) is 5.56 Å². The largest absolute Gasteiger partial charge is 0.416 e. The maximum absolute atomic E-state index is 12.7. The number of likely N-dealkylation sites (N-methyl/N-ethyl adjacent to an activating group) is 1. The molecular weight excluding hydrogens is 401 g/mol. The number of amides is 1. The highest BCUT2D eigenvalue weighted by Gasteiger charge is 2.30. The monoisotopic (exact) mass is 418 g/mol. The normalized spacial score (nSPS) is 12.2. The quantitative estimate of drug-likeness (QED) is 0.727. The molecular formula is C17H17F3N2O3S2. The van der Waals surface area contributed by atoms with E-state index in [-0.39, 0.29) is 10.6 Å². The first-order valence-corrected chi connectivity index (χ1v) is 10.3. The van der Waals surface area contributed by atoms with E-state index in [2.05, 4.69) is 5.32 Å². The van der Waals surface area contributed by atoms with E-state index in [1.807, 2.05) is 6.26 Å². The molecule has 1 amide bonds. The van der Waals surface area contributed by atoms with Crippen molar-refractivity contribution in [3.8, 4) is 0 Å². The molecule has 2 rings (SSSR count). The summed E-state index contributed by atoms with van der Waals surface area (Å²) in [5.41, 5.74) is -0.972. The van der Waals surface area contributed by atoms with Crippen LogP contribution in [0.25, 0.3) is 0 Å². The highest BCUT2D eigenvalue weighted by atomic mass is 32.2. The van der Waals surface area contributed by atoms with Gasteiger partial charge in [-0.2, -0.15) is 17.5 Å². The molecule has 0 fully saturated rings. The molecule has 0 aliphatic heterocycles. The van der Waals surface area contributed by atoms with Crippen molar-refractivity contribution in [2.24, 2.45) is 0 Å². The molecule has 2 aromatic carbocycles. The molecule has 146 valence electrons. The number of rotatable bonds is 6. The summed E-state index contributed by atoms with van der Waals surface area (Å²) in [6.45, 7) is -0.539. The van der Waals surface area contributed by atoms with Gasteiger partial charge in [-0.15, -0.1) is 11.8 Å². The maximum atomic E-state index is 12.7. The number of carbonyl (C=O) groups is 1. The average molecular weight is 418 g/mol. The van der Waals surface area contributed by atoms with Gasteiger partial charge in [-0.3, -0.25) is 4.79 Å². The lowest BCUT2D eigenvalue weighted by Gasteiger charge is -2.17. The summed E-state index contributed by atoms with van der Waals surface area (Å²) in [5, 5.41) is 2.28. The number of sulfonamides is 1. The van der Waals surface area contributed by atoms with Crippen molar-refractivity contribution in [3.63, 3.8) is 0 Å². The second kappa shape index (κ2) is 8.32. The predicted molar refractivity (Wildman–Crippen MR) is 98.1 cm³/mol. The Morgan fingerprint density at radius 1 is 1.15 bits per heavy atom. The lowest BCUT2D eigenvalue weighted by Crippen LogP contribution is -2.35. The van der Waals surface area contributed by atoms with Gasteiger partial charge < -0.3 is 5.32 Å². The van der Waals surface area contributed by atoms with Crippen LogP contribution in [0.5, 0.6) is 0 Å². The first kappa shape index (κ1) is 21.3. The van der Waals surface area contributed by atoms with Gasteiger partial charge in [-0.05, 0) is 48.7 Å². The fraction of sp³-hybridized carbons (Fsp3) is 0.235.